The van der Waals surface area contributed by atoms with Crippen LogP contribution in [0.25, 0.3) is 0 Å². The first-order valence-electron chi connectivity index (χ1n) is 6.73. The van der Waals surface area contributed by atoms with E-state index in [9.17, 15) is 8.42 Å². The summed E-state index contributed by atoms with van der Waals surface area (Å²) in [5, 5.41) is 3.63. The first-order chi connectivity index (χ1) is 10.5. The molecule has 116 valence electrons. The maximum atomic E-state index is 12.6. The number of anilines is 2. The van der Waals surface area contributed by atoms with E-state index < -0.39 is 10.0 Å². The molecule has 0 bridgehead atoms. The van der Waals surface area contributed by atoms with Gasteiger partial charge in [0.1, 0.15) is 5.75 Å². The van der Waals surface area contributed by atoms with Gasteiger partial charge in [0.2, 0.25) is 0 Å². The van der Waals surface area contributed by atoms with Gasteiger partial charge in [-0.1, -0.05) is 11.6 Å². The molecule has 3 rings (SSSR count). The average Bonchev–Trinajstić information content (AvgIpc) is 2.94. The smallest absolute Gasteiger partial charge is 0.262 e. The summed E-state index contributed by atoms with van der Waals surface area (Å²) in [6.07, 6.45) is 0.819. The molecule has 1 heterocycles. The van der Waals surface area contributed by atoms with E-state index in [4.69, 9.17) is 16.3 Å². The van der Waals surface area contributed by atoms with Gasteiger partial charge in [0.25, 0.3) is 10.0 Å². The van der Waals surface area contributed by atoms with Crippen molar-refractivity contribution in [1.82, 2.24) is 0 Å². The minimum absolute atomic E-state index is 0.219. The maximum absolute atomic E-state index is 12.6. The van der Waals surface area contributed by atoms with Gasteiger partial charge in [-0.25, -0.2) is 8.42 Å². The van der Waals surface area contributed by atoms with Crippen LogP contribution < -0.4 is 14.8 Å². The molecule has 22 heavy (non-hydrogen) atoms. The molecule has 0 fully saturated rings. The van der Waals surface area contributed by atoms with Crippen molar-refractivity contribution in [1.29, 1.82) is 0 Å². The van der Waals surface area contributed by atoms with E-state index in [1.165, 1.54) is 13.2 Å². The Morgan fingerprint density at radius 2 is 2.05 bits per heavy atom. The van der Waals surface area contributed by atoms with Gasteiger partial charge in [0.15, 0.2) is 0 Å². The molecule has 0 spiro atoms. The van der Waals surface area contributed by atoms with Crippen molar-refractivity contribution < 1.29 is 13.2 Å². The Kier molecular flexibility index (Phi) is 3.88. The molecule has 0 unspecified atom stereocenters. The van der Waals surface area contributed by atoms with Gasteiger partial charge < -0.3 is 10.1 Å². The van der Waals surface area contributed by atoms with Gasteiger partial charge in [-0.2, -0.15) is 0 Å². The van der Waals surface area contributed by atoms with Gasteiger partial charge in [-0.3, -0.25) is 4.72 Å². The molecule has 0 saturated heterocycles. The predicted octanol–water partition coefficient (Wildman–Crippen LogP) is 3.12. The van der Waals surface area contributed by atoms with Crippen LogP contribution in [0.3, 0.4) is 0 Å². The number of sulfonamides is 1. The minimum atomic E-state index is -3.70. The Hall–Kier alpha value is -1.92. The molecule has 2 aromatic carbocycles. The van der Waals surface area contributed by atoms with E-state index in [0.29, 0.717) is 16.5 Å². The topological polar surface area (TPSA) is 67.4 Å². The highest BCUT2D eigenvalue weighted by Gasteiger charge is 2.20. The van der Waals surface area contributed by atoms with Crippen molar-refractivity contribution in [2.75, 3.05) is 23.7 Å². The number of rotatable bonds is 4. The Morgan fingerprint density at radius 1 is 1.23 bits per heavy atom. The van der Waals surface area contributed by atoms with Crippen LogP contribution >= 0.6 is 11.6 Å². The highest BCUT2D eigenvalue weighted by Crippen LogP contribution is 2.31. The van der Waals surface area contributed by atoms with Crippen LogP contribution in [0, 0.1) is 0 Å². The van der Waals surface area contributed by atoms with Crippen molar-refractivity contribution >= 4 is 33.0 Å². The van der Waals surface area contributed by atoms with Gasteiger partial charge in [-0.15, -0.1) is 0 Å². The first-order valence-corrected chi connectivity index (χ1v) is 8.59. The second-order valence-electron chi connectivity index (χ2n) is 4.95. The van der Waals surface area contributed by atoms with Gasteiger partial charge in [-0.05, 0) is 48.4 Å². The van der Waals surface area contributed by atoms with Crippen LogP contribution in [0.2, 0.25) is 5.02 Å². The van der Waals surface area contributed by atoms with E-state index in [1.807, 2.05) is 0 Å². The van der Waals surface area contributed by atoms with Gasteiger partial charge in [0.05, 0.1) is 17.7 Å². The molecule has 0 atom stereocenters. The first kappa shape index (κ1) is 15.0. The summed E-state index contributed by atoms with van der Waals surface area (Å²) in [5.74, 6) is 0.413. The molecule has 0 aliphatic carbocycles. The summed E-state index contributed by atoms with van der Waals surface area (Å²) >= 11 is 5.93. The third kappa shape index (κ3) is 2.84. The molecular formula is C15H15ClN2O3S. The fraction of sp³-hybridized carbons (Fsp3) is 0.200. The number of ether oxygens (including phenoxy) is 1. The predicted molar refractivity (Wildman–Crippen MR) is 87.4 cm³/mol. The van der Waals surface area contributed by atoms with Crippen molar-refractivity contribution in [3.05, 3.63) is 47.0 Å². The van der Waals surface area contributed by atoms with Crippen molar-refractivity contribution in [3.8, 4) is 5.75 Å². The molecule has 1 aliphatic rings. The average molecular weight is 339 g/mol. The number of hydrogen-bond acceptors (Lipinski definition) is 4. The van der Waals surface area contributed by atoms with Crippen molar-refractivity contribution in [2.24, 2.45) is 0 Å². The minimum Gasteiger partial charge on any atom is -0.495 e. The number of hydrogen-bond donors (Lipinski definition) is 2. The van der Waals surface area contributed by atoms with Gasteiger partial charge in [0, 0.05) is 17.3 Å². The lowest BCUT2D eigenvalue weighted by molar-refractivity contribution is 0.417. The normalized spacial score (nSPS) is 13.4. The quantitative estimate of drug-likeness (QED) is 0.898. The SMILES string of the molecule is COc1ccc(Cl)cc1NS(=O)(=O)c1ccc2c(c1)CCN2. The van der Waals surface area contributed by atoms with Crippen LogP contribution in [0.1, 0.15) is 5.56 Å². The second-order valence-corrected chi connectivity index (χ2v) is 7.06. The van der Waals surface area contributed by atoms with E-state index in [0.717, 1.165) is 24.2 Å². The molecule has 2 N–H and O–H groups in total. The van der Waals surface area contributed by atoms with E-state index in [1.54, 1.807) is 30.3 Å². The Balaban J connectivity index is 1.96. The zero-order valence-electron chi connectivity index (χ0n) is 11.9. The van der Waals surface area contributed by atoms with Gasteiger partial charge >= 0.3 is 0 Å². The number of methoxy groups -OCH3 is 1. The number of halogens is 1. The lowest BCUT2D eigenvalue weighted by Crippen LogP contribution is -2.14. The molecule has 7 heteroatoms. The maximum Gasteiger partial charge on any atom is 0.262 e. The summed E-state index contributed by atoms with van der Waals surface area (Å²) in [4.78, 5) is 0.219. The molecule has 1 aliphatic heterocycles. The van der Waals surface area contributed by atoms with Crippen LogP contribution in [0.4, 0.5) is 11.4 Å². The molecule has 5 nitrogen and oxygen atoms in total. The van der Waals surface area contributed by atoms with E-state index in [2.05, 4.69) is 10.0 Å². The largest absolute Gasteiger partial charge is 0.495 e. The monoisotopic (exact) mass is 338 g/mol. The molecular weight excluding hydrogens is 324 g/mol. The Labute approximate surface area is 134 Å². The second kappa shape index (κ2) is 5.70. The zero-order valence-corrected chi connectivity index (χ0v) is 13.5. The molecule has 0 amide bonds. The fourth-order valence-corrected chi connectivity index (χ4v) is 3.70. The standard InChI is InChI=1S/C15H15ClN2O3S/c1-21-15-5-2-11(16)9-14(15)18-22(19,20)12-3-4-13-10(8-12)6-7-17-13/h2-5,8-9,17-18H,6-7H2,1H3. The molecule has 0 aromatic heterocycles. The molecule has 0 saturated carbocycles. The zero-order chi connectivity index (χ0) is 15.7. The van der Waals surface area contributed by atoms with Crippen molar-refractivity contribution in [3.63, 3.8) is 0 Å². The van der Waals surface area contributed by atoms with Crippen LogP contribution in [0.15, 0.2) is 41.3 Å². The number of fused-ring (bicyclic) bond motifs is 1. The Morgan fingerprint density at radius 3 is 2.82 bits per heavy atom. The highest BCUT2D eigenvalue weighted by atomic mass is 35.5. The van der Waals surface area contributed by atoms with Crippen LogP contribution in [-0.2, 0) is 16.4 Å². The number of nitrogens with one attached hydrogen (secondary N) is 2. The van der Waals surface area contributed by atoms with E-state index >= 15 is 0 Å². The summed E-state index contributed by atoms with van der Waals surface area (Å²) in [5.41, 5.74) is 2.30. The summed E-state index contributed by atoms with van der Waals surface area (Å²) in [7, 11) is -2.23. The summed E-state index contributed by atoms with van der Waals surface area (Å²) in [6, 6.07) is 9.83. The van der Waals surface area contributed by atoms with E-state index in [-0.39, 0.29) is 4.90 Å². The fourth-order valence-electron chi connectivity index (χ4n) is 2.41. The number of benzene rings is 2. The molecule has 0 radical (unpaired) electrons. The van der Waals surface area contributed by atoms with Crippen molar-refractivity contribution in [2.45, 2.75) is 11.3 Å². The summed E-state index contributed by atoms with van der Waals surface area (Å²) < 4.78 is 32.8. The third-order valence-electron chi connectivity index (χ3n) is 3.50. The summed E-state index contributed by atoms with van der Waals surface area (Å²) in [6.45, 7) is 0.828. The lowest BCUT2D eigenvalue weighted by atomic mass is 10.2. The van der Waals surface area contributed by atoms with Crippen LogP contribution in [-0.4, -0.2) is 22.1 Å². The highest BCUT2D eigenvalue weighted by molar-refractivity contribution is 7.92. The Bertz CT molecular complexity index is 822. The molecule has 2 aromatic rings. The third-order valence-corrected chi connectivity index (χ3v) is 5.10. The van der Waals surface area contributed by atoms with Crippen LogP contribution in [0.5, 0.6) is 5.75 Å². The lowest BCUT2D eigenvalue weighted by Gasteiger charge is -2.13.